The normalized spacial score (nSPS) is 10.7. The summed E-state index contributed by atoms with van der Waals surface area (Å²) in [4.78, 5) is 0. The van der Waals surface area contributed by atoms with Crippen molar-refractivity contribution in [2.24, 2.45) is 0 Å². The highest BCUT2D eigenvalue weighted by molar-refractivity contribution is 5.23. The highest BCUT2D eigenvalue weighted by Crippen LogP contribution is 1.97. The SMILES string of the molecule is COCCCOCCCn1ccc(N)n1. The molecule has 0 aliphatic carbocycles. The number of nitrogens with two attached hydrogens (primary N) is 1. The van der Waals surface area contributed by atoms with Gasteiger partial charge in [0.1, 0.15) is 5.82 Å². The van der Waals surface area contributed by atoms with Gasteiger partial charge in [-0.05, 0) is 18.9 Å². The summed E-state index contributed by atoms with van der Waals surface area (Å²) in [6.07, 6.45) is 3.78. The zero-order valence-electron chi connectivity index (χ0n) is 9.19. The molecule has 0 aliphatic heterocycles. The molecule has 1 aromatic heterocycles. The van der Waals surface area contributed by atoms with Gasteiger partial charge >= 0.3 is 0 Å². The summed E-state index contributed by atoms with van der Waals surface area (Å²) in [6, 6.07) is 1.79. The van der Waals surface area contributed by atoms with Gasteiger partial charge < -0.3 is 15.2 Å². The average Bonchev–Trinajstić information content (AvgIpc) is 2.63. The van der Waals surface area contributed by atoms with Crippen molar-refractivity contribution in [3.63, 3.8) is 0 Å². The second kappa shape index (κ2) is 7.25. The van der Waals surface area contributed by atoms with Gasteiger partial charge in [-0.1, -0.05) is 0 Å². The number of methoxy groups -OCH3 is 1. The van der Waals surface area contributed by atoms with Crippen LogP contribution >= 0.6 is 0 Å². The van der Waals surface area contributed by atoms with E-state index in [-0.39, 0.29) is 0 Å². The number of hydrogen-bond acceptors (Lipinski definition) is 4. The van der Waals surface area contributed by atoms with E-state index in [1.165, 1.54) is 0 Å². The summed E-state index contributed by atoms with van der Waals surface area (Å²) in [6.45, 7) is 3.12. The van der Waals surface area contributed by atoms with Crippen LogP contribution in [0.5, 0.6) is 0 Å². The molecule has 15 heavy (non-hydrogen) atoms. The molecule has 5 heteroatoms. The fraction of sp³-hybridized carbons (Fsp3) is 0.700. The van der Waals surface area contributed by atoms with Crippen molar-refractivity contribution in [1.29, 1.82) is 0 Å². The number of aryl methyl sites for hydroxylation is 1. The second-order valence-electron chi connectivity index (χ2n) is 3.32. The summed E-state index contributed by atoms with van der Waals surface area (Å²) in [5.41, 5.74) is 5.49. The van der Waals surface area contributed by atoms with Crippen molar-refractivity contribution in [3.05, 3.63) is 12.3 Å². The topological polar surface area (TPSA) is 62.3 Å². The molecule has 0 atom stereocenters. The standard InChI is InChI=1S/C10H19N3O2/c1-14-7-3-9-15-8-2-5-13-6-4-10(11)12-13/h4,6H,2-3,5,7-9H2,1H3,(H2,11,12). The van der Waals surface area contributed by atoms with Gasteiger partial charge in [-0.2, -0.15) is 5.10 Å². The molecule has 0 radical (unpaired) electrons. The lowest BCUT2D eigenvalue weighted by atomic mass is 10.4. The van der Waals surface area contributed by atoms with E-state index in [9.17, 15) is 0 Å². The van der Waals surface area contributed by atoms with Gasteiger partial charge in [0, 0.05) is 39.7 Å². The van der Waals surface area contributed by atoms with E-state index < -0.39 is 0 Å². The number of ether oxygens (including phenoxy) is 2. The Morgan fingerprint density at radius 3 is 2.80 bits per heavy atom. The summed E-state index contributed by atoms with van der Waals surface area (Å²) in [5.74, 6) is 0.566. The minimum Gasteiger partial charge on any atom is -0.385 e. The highest BCUT2D eigenvalue weighted by Gasteiger charge is 1.94. The fourth-order valence-corrected chi connectivity index (χ4v) is 1.24. The van der Waals surface area contributed by atoms with Crippen LogP contribution < -0.4 is 5.73 Å². The first-order valence-electron chi connectivity index (χ1n) is 5.18. The Labute approximate surface area is 90.2 Å². The number of anilines is 1. The van der Waals surface area contributed by atoms with Crippen molar-refractivity contribution in [1.82, 2.24) is 9.78 Å². The molecule has 0 aliphatic rings. The first kappa shape index (κ1) is 12.0. The summed E-state index contributed by atoms with van der Waals surface area (Å²) < 4.78 is 12.2. The van der Waals surface area contributed by atoms with E-state index in [0.717, 1.165) is 39.2 Å². The molecule has 0 unspecified atom stereocenters. The molecule has 0 fully saturated rings. The van der Waals surface area contributed by atoms with Gasteiger partial charge in [-0.3, -0.25) is 4.68 Å². The molecule has 5 nitrogen and oxygen atoms in total. The van der Waals surface area contributed by atoms with Crippen molar-refractivity contribution in [2.75, 3.05) is 32.7 Å². The fourth-order valence-electron chi connectivity index (χ4n) is 1.24. The molecule has 0 saturated heterocycles. The summed E-state index contributed by atoms with van der Waals surface area (Å²) in [5, 5.41) is 4.08. The van der Waals surface area contributed by atoms with Gasteiger partial charge in [0.25, 0.3) is 0 Å². The second-order valence-corrected chi connectivity index (χ2v) is 3.32. The number of nitrogens with zero attached hydrogens (tertiary/aromatic N) is 2. The van der Waals surface area contributed by atoms with Crippen LogP contribution in [0.1, 0.15) is 12.8 Å². The lowest BCUT2D eigenvalue weighted by molar-refractivity contribution is 0.0989. The zero-order valence-corrected chi connectivity index (χ0v) is 9.19. The number of rotatable bonds is 8. The van der Waals surface area contributed by atoms with Gasteiger partial charge in [0.15, 0.2) is 0 Å². The Balaban J connectivity index is 1.93. The lowest BCUT2D eigenvalue weighted by Crippen LogP contribution is -2.05. The molecule has 0 spiro atoms. The smallest absolute Gasteiger partial charge is 0.145 e. The Morgan fingerprint density at radius 2 is 2.13 bits per heavy atom. The van der Waals surface area contributed by atoms with Crippen LogP contribution in [0.2, 0.25) is 0 Å². The molecule has 0 saturated carbocycles. The van der Waals surface area contributed by atoms with E-state index in [1.807, 2.05) is 10.9 Å². The molecule has 0 amide bonds. The molecular weight excluding hydrogens is 194 g/mol. The maximum Gasteiger partial charge on any atom is 0.145 e. The van der Waals surface area contributed by atoms with Gasteiger partial charge in [-0.25, -0.2) is 0 Å². The molecule has 1 heterocycles. The number of hydrogen-bond donors (Lipinski definition) is 1. The van der Waals surface area contributed by atoms with Crippen LogP contribution in [0.25, 0.3) is 0 Å². The average molecular weight is 213 g/mol. The van der Waals surface area contributed by atoms with E-state index in [1.54, 1.807) is 13.2 Å². The van der Waals surface area contributed by atoms with Gasteiger partial charge in [-0.15, -0.1) is 0 Å². The van der Waals surface area contributed by atoms with Crippen molar-refractivity contribution in [3.8, 4) is 0 Å². The molecule has 1 rings (SSSR count). The first-order valence-corrected chi connectivity index (χ1v) is 5.18. The minimum absolute atomic E-state index is 0.566. The van der Waals surface area contributed by atoms with Crippen molar-refractivity contribution < 1.29 is 9.47 Å². The van der Waals surface area contributed by atoms with E-state index >= 15 is 0 Å². The molecule has 0 aromatic carbocycles. The third-order valence-corrected chi connectivity index (χ3v) is 1.97. The van der Waals surface area contributed by atoms with E-state index in [4.69, 9.17) is 15.2 Å². The molecule has 86 valence electrons. The van der Waals surface area contributed by atoms with Crippen LogP contribution in [-0.2, 0) is 16.0 Å². The van der Waals surface area contributed by atoms with Crippen molar-refractivity contribution >= 4 is 5.82 Å². The minimum atomic E-state index is 0.566. The predicted molar refractivity (Wildman–Crippen MR) is 58.6 cm³/mol. The Morgan fingerprint density at radius 1 is 1.33 bits per heavy atom. The maximum absolute atomic E-state index is 5.49. The van der Waals surface area contributed by atoms with Gasteiger partial charge in [0.2, 0.25) is 0 Å². The quantitative estimate of drug-likeness (QED) is 0.652. The first-order chi connectivity index (χ1) is 7.33. The van der Waals surface area contributed by atoms with Crippen LogP contribution in [-0.4, -0.2) is 36.7 Å². The Bertz CT molecular complexity index is 263. The Kier molecular flexibility index (Phi) is 5.80. The lowest BCUT2D eigenvalue weighted by Gasteiger charge is -2.04. The largest absolute Gasteiger partial charge is 0.385 e. The van der Waals surface area contributed by atoms with Crippen LogP contribution in [0, 0.1) is 0 Å². The van der Waals surface area contributed by atoms with Crippen LogP contribution in [0.4, 0.5) is 5.82 Å². The number of nitrogen functional groups attached to an aromatic ring is 1. The van der Waals surface area contributed by atoms with Crippen molar-refractivity contribution in [2.45, 2.75) is 19.4 Å². The summed E-state index contributed by atoms with van der Waals surface area (Å²) in [7, 11) is 1.70. The predicted octanol–water partition coefficient (Wildman–Crippen LogP) is 0.908. The molecule has 1 aromatic rings. The Hall–Kier alpha value is -1.07. The van der Waals surface area contributed by atoms with Crippen LogP contribution in [0.3, 0.4) is 0 Å². The van der Waals surface area contributed by atoms with E-state index in [0.29, 0.717) is 5.82 Å². The van der Waals surface area contributed by atoms with E-state index in [2.05, 4.69) is 5.10 Å². The third-order valence-electron chi connectivity index (χ3n) is 1.97. The monoisotopic (exact) mass is 213 g/mol. The third kappa shape index (κ3) is 5.39. The maximum atomic E-state index is 5.49. The molecule has 2 N–H and O–H groups in total. The number of aromatic nitrogens is 2. The zero-order chi connectivity index (χ0) is 10.9. The van der Waals surface area contributed by atoms with Crippen LogP contribution in [0.15, 0.2) is 12.3 Å². The molecular formula is C10H19N3O2. The summed E-state index contributed by atoms with van der Waals surface area (Å²) >= 11 is 0. The highest BCUT2D eigenvalue weighted by atomic mass is 16.5. The molecule has 0 bridgehead atoms. The van der Waals surface area contributed by atoms with Gasteiger partial charge in [0.05, 0.1) is 0 Å².